The average molecular weight is 391 g/mol. The van der Waals surface area contributed by atoms with Crippen LogP contribution in [0.15, 0.2) is 71.5 Å². The summed E-state index contributed by atoms with van der Waals surface area (Å²) in [6, 6.07) is 20.5. The van der Waals surface area contributed by atoms with Gasteiger partial charge in [0, 0.05) is 13.7 Å². The van der Waals surface area contributed by atoms with Crippen molar-refractivity contribution in [2.24, 2.45) is 7.05 Å². The fraction of sp³-hybridized carbons (Fsp3) is 0.250. The molecule has 29 heavy (non-hydrogen) atoms. The van der Waals surface area contributed by atoms with Gasteiger partial charge in [0.25, 0.3) is 5.56 Å². The van der Waals surface area contributed by atoms with Crippen LogP contribution in [-0.4, -0.2) is 23.8 Å². The van der Waals surface area contributed by atoms with Gasteiger partial charge < -0.3 is 14.0 Å². The topological polar surface area (TPSA) is 57.5 Å². The molecule has 2 aromatic carbocycles. The normalized spacial score (nSPS) is 11.8. The summed E-state index contributed by atoms with van der Waals surface area (Å²) in [5.74, 6) is -0.466. The quantitative estimate of drug-likeness (QED) is 0.562. The van der Waals surface area contributed by atoms with Crippen molar-refractivity contribution in [3.8, 4) is 11.3 Å². The largest absolute Gasteiger partial charge is 0.462 e. The molecule has 3 aromatic rings. The zero-order valence-corrected chi connectivity index (χ0v) is 16.9. The van der Waals surface area contributed by atoms with Crippen LogP contribution in [0.5, 0.6) is 0 Å². The Morgan fingerprint density at radius 2 is 1.59 bits per heavy atom. The molecule has 0 saturated carbocycles. The van der Waals surface area contributed by atoms with Gasteiger partial charge in [-0.1, -0.05) is 60.7 Å². The van der Waals surface area contributed by atoms with Crippen LogP contribution in [0, 0.1) is 0 Å². The van der Waals surface area contributed by atoms with E-state index >= 15 is 0 Å². The first kappa shape index (κ1) is 20.6. The highest BCUT2D eigenvalue weighted by Gasteiger charge is 2.25. The Morgan fingerprint density at radius 1 is 0.966 bits per heavy atom. The Morgan fingerprint density at radius 3 is 2.17 bits per heavy atom. The molecular formula is C24H25NO4. The van der Waals surface area contributed by atoms with E-state index in [-0.39, 0.29) is 12.2 Å². The number of hydrogen-bond donors (Lipinski definition) is 0. The van der Waals surface area contributed by atoms with Crippen molar-refractivity contribution < 1.29 is 14.3 Å². The van der Waals surface area contributed by atoms with Crippen LogP contribution < -0.4 is 5.56 Å². The predicted molar refractivity (Wildman–Crippen MR) is 113 cm³/mol. The number of benzene rings is 2. The molecule has 5 nitrogen and oxygen atoms in total. The molecule has 0 aliphatic heterocycles. The standard InChI is InChI=1S/C24H25NO4/c1-4-28-22(18-14-10-7-11-15-18)20-16-19(24(27)29-5-2)21(25(3)23(20)26)17-12-8-6-9-13-17/h6-16,22H,4-5H2,1-3H3. The molecule has 5 heteroatoms. The minimum atomic E-state index is -0.571. The van der Waals surface area contributed by atoms with Gasteiger partial charge in [-0.2, -0.15) is 0 Å². The lowest BCUT2D eigenvalue weighted by atomic mass is 9.97. The third-order valence-corrected chi connectivity index (χ3v) is 4.70. The number of carbonyl (C=O) groups excluding carboxylic acids is 1. The maximum atomic E-state index is 13.3. The molecule has 0 bridgehead atoms. The lowest BCUT2D eigenvalue weighted by molar-refractivity contribution is 0.0525. The molecule has 0 radical (unpaired) electrons. The summed E-state index contributed by atoms with van der Waals surface area (Å²) in [5.41, 5.74) is 2.70. The van der Waals surface area contributed by atoms with Gasteiger partial charge in [-0.15, -0.1) is 0 Å². The number of carbonyl (C=O) groups is 1. The third-order valence-electron chi connectivity index (χ3n) is 4.70. The van der Waals surface area contributed by atoms with Crippen LogP contribution >= 0.6 is 0 Å². The van der Waals surface area contributed by atoms with E-state index in [2.05, 4.69) is 0 Å². The maximum absolute atomic E-state index is 13.3. The Hall–Kier alpha value is -3.18. The van der Waals surface area contributed by atoms with Crippen molar-refractivity contribution in [2.45, 2.75) is 20.0 Å². The SMILES string of the molecule is CCOC(=O)c1cc(C(OCC)c2ccccc2)c(=O)n(C)c1-c1ccccc1. The van der Waals surface area contributed by atoms with Crippen molar-refractivity contribution in [3.63, 3.8) is 0 Å². The molecule has 0 saturated heterocycles. The average Bonchev–Trinajstić information content (AvgIpc) is 2.75. The molecule has 0 amide bonds. The number of hydrogen-bond acceptors (Lipinski definition) is 4. The second kappa shape index (κ2) is 9.34. The molecule has 1 aromatic heterocycles. The van der Waals surface area contributed by atoms with Crippen molar-refractivity contribution >= 4 is 5.97 Å². The van der Waals surface area contributed by atoms with E-state index in [1.54, 1.807) is 20.0 Å². The van der Waals surface area contributed by atoms with Gasteiger partial charge in [-0.05, 0) is 31.0 Å². The van der Waals surface area contributed by atoms with Crippen molar-refractivity contribution in [3.05, 3.63) is 93.8 Å². The molecule has 0 spiro atoms. The van der Waals surface area contributed by atoms with Crippen LogP contribution in [0.25, 0.3) is 11.3 Å². The lowest BCUT2D eigenvalue weighted by Gasteiger charge is -2.21. The summed E-state index contributed by atoms with van der Waals surface area (Å²) < 4.78 is 12.7. The second-order valence-electron chi connectivity index (χ2n) is 6.56. The number of esters is 1. The molecule has 1 atom stereocenters. The fourth-order valence-electron chi connectivity index (χ4n) is 3.42. The number of aromatic nitrogens is 1. The summed E-state index contributed by atoms with van der Waals surface area (Å²) in [5, 5.41) is 0. The monoisotopic (exact) mass is 391 g/mol. The fourth-order valence-corrected chi connectivity index (χ4v) is 3.42. The Balaban J connectivity index is 2.26. The zero-order valence-electron chi connectivity index (χ0n) is 16.9. The van der Waals surface area contributed by atoms with E-state index in [0.717, 1.165) is 11.1 Å². The maximum Gasteiger partial charge on any atom is 0.340 e. The Kier molecular flexibility index (Phi) is 6.62. The smallest absolute Gasteiger partial charge is 0.340 e. The Bertz CT molecular complexity index is 1030. The van der Waals surface area contributed by atoms with Crippen LogP contribution in [-0.2, 0) is 16.5 Å². The van der Waals surface area contributed by atoms with Gasteiger partial charge in [-0.3, -0.25) is 4.79 Å². The van der Waals surface area contributed by atoms with E-state index in [4.69, 9.17) is 9.47 Å². The summed E-state index contributed by atoms with van der Waals surface area (Å²) >= 11 is 0. The molecule has 0 fully saturated rings. The second-order valence-corrected chi connectivity index (χ2v) is 6.56. The summed E-state index contributed by atoms with van der Waals surface area (Å²) in [6.07, 6.45) is -0.571. The van der Waals surface area contributed by atoms with Crippen LogP contribution in [0.4, 0.5) is 0 Å². The summed E-state index contributed by atoms with van der Waals surface area (Å²) in [6.45, 7) is 4.32. The van der Waals surface area contributed by atoms with Gasteiger partial charge in [0.2, 0.25) is 0 Å². The molecule has 150 valence electrons. The van der Waals surface area contributed by atoms with E-state index in [1.807, 2.05) is 67.6 Å². The number of rotatable bonds is 7. The van der Waals surface area contributed by atoms with E-state index < -0.39 is 12.1 Å². The Labute approximate surface area is 170 Å². The van der Waals surface area contributed by atoms with Crippen molar-refractivity contribution in [1.82, 2.24) is 4.57 Å². The minimum absolute atomic E-state index is 0.209. The van der Waals surface area contributed by atoms with E-state index in [9.17, 15) is 9.59 Å². The van der Waals surface area contributed by atoms with Crippen LogP contribution in [0.1, 0.15) is 41.4 Å². The van der Waals surface area contributed by atoms with Crippen molar-refractivity contribution in [2.75, 3.05) is 13.2 Å². The highest BCUT2D eigenvalue weighted by molar-refractivity contribution is 5.96. The predicted octanol–water partition coefficient (Wildman–Crippen LogP) is 4.35. The first-order valence-corrected chi connectivity index (χ1v) is 9.71. The number of nitrogens with zero attached hydrogens (tertiary/aromatic N) is 1. The van der Waals surface area contributed by atoms with Gasteiger partial charge in [-0.25, -0.2) is 4.79 Å². The number of ether oxygens (including phenoxy) is 2. The minimum Gasteiger partial charge on any atom is -0.462 e. The molecule has 1 heterocycles. The van der Waals surface area contributed by atoms with Gasteiger partial charge in [0.1, 0.15) is 6.10 Å². The first-order chi connectivity index (χ1) is 14.1. The van der Waals surface area contributed by atoms with Crippen LogP contribution in [0.2, 0.25) is 0 Å². The van der Waals surface area contributed by atoms with E-state index in [1.165, 1.54) is 4.57 Å². The van der Waals surface area contributed by atoms with Crippen molar-refractivity contribution in [1.29, 1.82) is 0 Å². The molecule has 1 unspecified atom stereocenters. The van der Waals surface area contributed by atoms with Gasteiger partial charge in [0.05, 0.1) is 23.4 Å². The molecular weight excluding hydrogens is 366 g/mol. The van der Waals surface area contributed by atoms with E-state index in [0.29, 0.717) is 23.4 Å². The molecule has 3 rings (SSSR count). The summed E-state index contributed by atoms with van der Waals surface area (Å²) in [4.78, 5) is 26.1. The lowest BCUT2D eigenvalue weighted by Crippen LogP contribution is -2.28. The van der Waals surface area contributed by atoms with Gasteiger partial charge >= 0.3 is 5.97 Å². The summed E-state index contributed by atoms with van der Waals surface area (Å²) in [7, 11) is 1.67. The number of pyridine rings is 1. The van der Waals surface area contributed by atoms with Crippen LogP contribution in [0.3, 0.4) is 0 Å². The zero-order chi connectivity index (χ0) is 20.8. The first-order valence-electron chi connectivity index (χ1n) is 9.71. The highest BCUT2D eigenvalue weighted by Crippen LogP contribution is 2.29. The molecule has 0 N–H and O–H groups in total. The highest BCUT2D eigenvalue weighted by atomic mass is 16.5. The molecule has 0 aliphatic rings. The molecule has 0 aliphatic carbocycles. The third kappa shape index (κ3) is 4.30. The van der Waals surface area contributed by atoms with Gasteiger partial charge in [0.15, 0.2) is 0 Å².